The lowest BCUT2D eigenvalue weighted by Gasteiger charge is -2.05. The fraction of sp³-hybridized carbons (Fsp3) is 0.333. The summed E-state index contributed by atoms with van der Waals surface area (Å²) < 4.78 is 0. The third-order valence-corrected chi connectivity index (χ3v) is 5.53. The van der Waals surface area contributed by atoms with Gasteiger partial charge >= 0.3 is 0 Å². The highest BCUT2D eigenvalue weighted by atomic mass is 79.9. The second-order valence-corrected chi connectivity index (χ2v) is 6.55. The summed E-state index contributed by atoms with van der Waals surface area (Å²) in [6.45, 7) is 2.21. The minimum atomic E-state index is 0.470. The molecule has 0 radical (unpaired) electrons. The first-order valence-corrected chi connectivity index (χ1v) is 7.71. The van der Waals surface area contributed by atoms with Crippen molar-refractivity contribution in [3.05, 3.63) is 44.3 Å². The monoisotopic (exact) mass is 300 g/mol. The predicted molar refractivity (Wildman–Crippen MR) is 73.4 cm³/mol. The molecule has 15 heavy (non-hydrogen) atoms. The zero-order chi connectivity index (χ0) is 10.7. The van der Waals surface area contributed by atoms with Crippen LogP contribution in [-0.4, -0.2) is 0 Å². The van der Waals surface area contributed by atoms with Gasteiger partial charge in [-0.25, -0.2) is 0 Å². The first-order chi connectivity index (χ1) is 7.29. The Morgan fingerprint density at radius 3 is 2.80 bits per heavy atom. The van der Waals surface area contributed by atoms with Crippen molar-refractivity contribution < 1.29 is 0 Å². The lowest BCUT2D eigenvalue weighted by molar-refractivity contribution is 0.976. The van der Waals surface area contributed by atoms with E-state index in [2.05, 4.69) is 51.8 Å². The highest BCUT2D eigenvalue weighted by Gasteiger charge is 2.11. The van der Waals surface area contributed by atoms with Crippen LogP contribution in [0.1, 0.15) is 27.1 Å². The van der Waals surface area contributed by atoms with E-state index < -0.39 is 0 Å². The Morgan fingerprint density at radius 2 is 2.20 bits per heavy atom. The zero-order valence-electron chi connectivity index (χ0n) is 8.57. The van der Waals surface area contributed by atoms with Gasteiger partial charge in [0.2, 0.25) is 0 Å². The van der Waals surface area contributed by atoms with E-state index in [1.54, 1.807) is 11.3 Å². The van der Waals surface area contributed by atoms with Gasteiger partial charge in [0.05, 0.1) is 4.83 Å². The van der Waals surface area contributed by atoms with Gasteiger partial charge in [0.15, 0.2) is 0 Å². The van der Waals surface area contributed by atoms with Crippen molar-refractivity contribution in [3.8, 4) is 0 Å². The lowest BCUT2D eigenvalue weighted by Crippen LogP contribution is -1.90. The van der Waals surface area contributed by atoms with E-state index >= 15 is 0 Å². The summed E-state index contributed by atoms with van der Waals surface area (Å²) >= 11 is 7.45. The van der Waals surface area contributed by atoms with E-state index in [4.69, 9.17) is 0 Å². The maximum atomic E-state index is 3.76. The van der Waals surface area contributed by atoms with Crippen LogP contribution in [0.3, 0.4) is 0 Å². The molecule has 0 bridgehead atoms. The van der Waals surface area contributed by atoms with Crippen LogP contribution in [-0.2, 0) is 12.8 Å². The summed E-state index contributed by atoms with van der Waals surface area (Å²) in [5.41, 5.74) is 1.42. The van der Waals surface area contributed by atoms with E-state index in [-0.39, 0.29) is 0 Å². The van der Waals surface area contributed by atoms with Crippen LogP contribution in [0.2, 0.25) is 0 Å². The van der Waals surface area contributed by atoms with Crippen LogP contribution >= 0.6 is 38.6 Å². The van der Waals surface area contributed by atoms with Gasteiger partial charge in [0.1, 0.15) is 0 Å². The Bertz CT molecular complexity index is 403. The van der Waals surface area contributed by atoms with Crippen molar-refractivity contribution in [2.75, 3.05) is 0 Å². The summed E-state index contributed by atoms with van der Waals surface area (Å²) in [6.07, 6.45) is 2.23. The SMILES string of the molecule is CCc1ccc(C(Br)Cc2ccsc2)s1. The normalized spacial score (nSPS) is 12.9. The molecular formula is C12H13BrS2. The van der Waals surface area contributed by atoms with Gasteiger partial charge < -0.3 is 0 Å². The average molecular weight is 301 g/mol. The molecule has 0 fully saturated rings. The van der Waals surface area contributed by atoms with Crippen molar-refractivity contribution in [2.24, 2.45) is 0 Å². The predicted octanol–water partition coefficient (Wildman–Crippen LogP) is 5.05. The van der Waals surface area contributed by atoms with E-state index in [1.165, 1.54) is 15.3 Å². The molecule has 0 amide bonds. The van der Waals surface area contributed by atoms with Gasteiger partial charge in [0, 0.05) is 9.75 Å². The quantitative estimate of drug-likeness (QED) is 0.693. The molecule has 0 saturated carbocycles. The second kappa shape index (κ2) is 5.28. The molecule has 2 rings (SSSR count). The van der Waals surface area contributed by atoms with Gasteiger partial charge in [-0.05, 0) is 47.4 Å². The number of thiophene rings is 2. The van der Waals surface area contributed by atoms with Gasteiger partial charge in [-0.2, -0.15) is 11.3 Å². The van der Waals surface area contributed by atoms with Gasteiger partial charge in [-0.15, -0.1) is 11.3 Å². The molecule has 1 unspecified atom stereocenters. The molecule has 2 aromatic heterocycles. The molecule has 0 aliphatic carbocycles. The first-order valence-electron chi connectivity index (χ1n) is 5.03. The third-order valence-electron chi connectivity index (χ3n) is 2.33. The molecule has 80 valence electrons. The van der Waals surface area contributed by atoms with Crippen LogP contribution in [0, 0.1) is 0 Å². The minimum absolute atomic E-state index is 0.470. The van der Waals surface area contributed by atoms with E-state index in [0.717, 1.165) is 12.8 Å². The molecule has 1 atom stereocenters. The molecule has 0 aromatic carbocycles. The summed E-state index contributed by atoms with van der Waals surface area (Å²) in [5.74, 6) is 0. The Kier molecular flexibility index (Phi) is 4.00. The van der Waals surface area contributed by atoms with Crippen LogP contribution in [0.4, 0.5) is 0 Å². The van der Waals surface area contributed by atoms with Crippen LogP contribution < -0.4 is 0 Å². The Labute approximate surface area is 107 Å². The molecule has 0 N–H and O–H groups in total. The Morgan fingerprint density at radius 1 is 1.33 bits per heavy atom. The lowest BCUT2D eigenvalue weighted by atomic mass is 10.2. The van der Waals surface area contributed by atoms with Crippen LogP contribution in [0.5, 0.6) is 0 Å². The van der Waals surface area contributed by atoms with Crippen LogP contribution in [0.15, 0.2) is 29.0 Å². The smallest absolute Gasteiger partial charge is 0.0529 e. The highest BCUT2D eigenvalue weighted by Crippen LogP contribution is 2.33. The standard InChI is InChI=1S/C12H13BrS2/c1-2-10-3-4-12(15-10)11(13)7-9-5-6-14-8-9/h3-6,8,11H,2,7H2,1H3. The molecule has 0 saturated heterocycles. The summed E-state index contributed by atoms with van der Waals surface area (Å²) in [6, 6.07) is 6.68. The van der Waals surface area contributed by atoms with Gasteiger partial charge in [-0.3, -0.25) is 0 Å². The molecule has 0 aliphatic rings. The fourth-order valence-electron chi connectivity index (χ4n) is 1.47. The van der Waals surface area contributed by atoms with Crippen molar-refractivity contribution in [2.45, 2.75) is 24.6 Å². The topological polar surface area (TPSA) is 0 Å². The summed E-state index contributed by atoms with van der Waals surface area (Å²) in [5, 5.41) is 4.36. The van der Waals surface area contributed by atoms with Crippen molar-refractivity contribution in [3.63, 3.8) is 0 Å². The Hall–Kier alpha value is -0.120. The van der Waals surface area contributed by atoms with E-state index in [9.17, 15) is 0 Å². The van der Waals surface area contributed by atoms with E-state index in [1.807, 2.05) is 11.3 Å². The van der Waals surface area contributed by atoms with Crippen molar-refractivity contribution in [1.82, 2.24) is 0 Å². The molecular weight excluding hydrogens is 288 g/mol. The highest BCUT2D eigenvalue weighted by molar-refractivity contribution is 9.09. The summed E-state index contributed by atoms with van der Waals surface area (Å²) in [7, 11) is 0. The molecule has 0 aliphatic heterocycles. The van der Waals surface area contributed by atoms with Gasteiger partial charge in [-0.1, -0.05) is 22.9 Å². The second-order valence-electron chi connectivity index (χ2n) is 3.46. The molecule has 3 heteroatoms. The number of halogens is 1. The number of hydrogen-bond donors (Lipinski definition) is 0. The molecule has 0 nitrogen and oxygen atoms in total. The molecule has 2 heterocycles. The summed E-state index contributed by atoms with van der Waals surface area (Å²) in [4.78, 5) is 3.38. The number of hydrogen-bond acceptors (Lipinski definition) is 2. The van der Waals surface area contributed by atoms with Crippen molar-refractivity contribution >= 4 is 38.6 Å². The van der Waals surface area contributed by atoms with Gasteiger partial charge in [0.25, 0.3) is 0 Å². The largest absolute Gasteiger partial charge is 0.152 e. The average Bonchev–Trinajstić information content (AvgIpc) is 2.86. The first kappa shape index (κ1) is 11.4. The third kappa shape index (κ3) is 2.92. The molecule has 2 aromatic rings. The Balaban J connectivity index is 2.04. The van der Waals surface area contributed by atoms with E-state index in [0.29, 0.717) is 4.83 Å². The van der Waals surface area contributed by atoms with Crippen molar-refractivity contribution in [1.29, 1.82) is 0 Å². The fourth-order valence-corrected chi connectivity index (χ4v) is 3.89. The maximum absolute atomic E-state index is 3.76. The van der Waals surface area contributed by atoms with Crippen LogP contribution in [0.25, 0.3) is 0 Å². The number of alkyl halides is 1. The molecule has 0 spiro atoms. The maximum Gasteiger partial charge on any atom is 0.0529 e. The number of rotatable bonds is 4. The zero-order valence-corrected chi connectivity index (χ0v) is 11.8. The number of aryl methyl sites for hydroxylation is 1. The minimum Gasteiger partial charge on any atom is -0.152 e.